The van der Waals surface area contributed by atoms with Crippen LogP contribution < -0.4 is 16.0 Å². The molecule has 0 atom stereocenters. The second-order valence-electron chi connectivity index (χ2n) is 3.76. The molecule has 0 fully saturated rings. The zero-order valence-corrected chi connectivity index (χ0v) is 11.7. The Hall–Kier alpha value is -1.60. The van der Waals surface area contributed by atoms with Crippen molar-refractivity contribution in [1.82, 2.24) is 16.0 Å². The highest BCUT2D eigenvalue weighted by Gasteiger charge is 2.05. The van der Waals surface area contributed by atoms with E-state index in [1.165, 1.54) is 11.3 Å². The van der Waals surface area contributed by atoms with Gasteiger partial charge in [-0.25, -0.2) is 4.79 Å². The highest BCUT2D eigenvalue weighted by Crippen LogP contribution is 2.07. The van der Waals surface area contributed by atoms with Gasteiger partial charge in [-0.1, -0.05) is 6.07 Å². The van der Waals surface area contributed by atoms with Gasteiger partial charge in [-0.3, -0.25) is 4.79 Å². The lowest BCUT2D eigenvalue weighted by Crippen LogP contribution is -2.40. The molecular weight excluding hydrogens is 266 g/mol. The van der Waals surface area contributed by atoms with E-state index in [0.717, 1.165) is 6.42 Å². The summed E-state index contributed by atoms with van der Waals surface area (Å²) in [6.45, 7) is 1.99. The number of carbonyl (C=O) groups is 2. The second-order valence-corrected chi connectivity index (χ2v) is 4.71. The van der Waals surface area contributed by atoms with Crippen molar-refractivity contribution in [2.24, 2.45) is 0 Å². The Morgan fingerprint density at radius 1 is 1.21 bits per heavy atom. The monoisotopic (exact) mass is 285 g/mol. The maximum atomic E-state index is 11.6. The molecule has 1 heterocycles. The van der Waals surface area contributed by atoms with E-state index in [-0.39, 0.29) is 11.9 Å². The number of hydrogen-bond acceptors (Lipinski definition) is 4. The minimum Gasteiger partial charge on any atom is -0.385 e. The van der Waals surface area contributed by atoms with Crippen LogP contribution in [0.4, 0.5) is 4.79 Å². The zero-order chi connectivity index (χ0) is 13.9. The van der Waals surface area contributed by atoms with Crippen LogP contribution in [0.3, 0.4) is 0 Å². The predicted molar refractivity (Wildman–Crippen MR) is 74.5 cm³/mol. The van der Waals surface area contributed by atoms with Crippen molar-refractivity contribution in [1.29, 1.82) is 0 Å². The first-order valence-corrected chi connectivity index (χ1v) is 6.94. The van der Waals surface area contributed by atoms with E-state index in [1.807, 2.05) is 11.4 Å². The summed E-state index contributed by atoms with van der Waals surface area (Å²) in [5.41, 5.74) is 0. The molecule has 0 unspecified atom stereocenters. The summed E-state index contributed by atoms with van der Waals surface area (Å²) in [6, 6.07) is 3.35. The molecule has 0 spiro atoms. The Morgan fingerprint density at radius 2 is 1.95 bits per heavy atom. The van der Waals surface area contributed by atoms with Crippen LogP contribution in [-0.4, -0.2) is 45.3 Å². The van der Waals surface area contributed by atoms with Gasteiger partial charge >= 0.3 is 6.03 Å². The molecule has 0 saturated heterocycles. The largest absolute Gasteiger partial charge is 0.385 e. The van der Waals surface area contributed by atoms with Crippen molar-refractivity contribution < 1.29 is 14.3 Å². The topological polar surface area (TPSA) is 79.5 Å². The molecular formula is C12H19N3O3S. The molecule has 1 rings (SSSR count). The average molecular weight is 285 g/mol. The van der Waals surface area contributed by atoms with Crippen LogP contribution >= 0.6 is 11.3 Å². The summed E-state index contributed by atoms with van der Waals surface area (Å²) in [6.07, 6.45) is 0.777. The number of hydrogen-bond donors (Lipinski definition) is 3. The fourth-order valence-corrected chi connectivity index (χ4v) is 1.97. The van der Waals surface area contributed by atoms with Gasteiger partial charge in [0.25, 0.3) is 5.91 Å². The fourth-order valence-electron chi connectivity index (χ4n) is 1.33. The van der Waals surface area contributed by atoms with Crippen LogP contribution in [-0.2, 0) is 4.74 Å². The lowest BCUT2D eigenvalue weighted by atomic mass is 10.4. The Bertz CT molecular complexity index is 382. The van der Waals surface area contributed by atoms with Crippen LogP contribution in [0.2, 0.25) is 0 Å². The number of thiophene rings is 1. The third kappa shape index (κ3) is 6.78. The number of carbonyl (C=O) groups excluding carboxylic acids is 2. The normalized spacial score (nSPS) is 9.95. The fraction of sp³-hybridized carbons (Fsp3) is 0.500. The first kappa shape index (κ1) is 15.5. The average Bonchev–Trinajstić information content (AvgIpc) is 2.93. The molecule has 0 aromatic carbocycles. The Balaban J connectivity index is 2.01. The number of rotatable bonds is 8. The summed E-state index contributed by atoms with van der Waals surface area (Å²) >= 11 is 1.39. The first-order valence-electron chi connectivity index (χ1n) is 6.06. The molecule has 3 N–H and O–H groups in total. The minimum atomic E-state index is -0.235. The van der Waals surface area contributed by atoms with Gasteiger partial charge in [0.15, 0.2) is 0 Å². The van der Waals surface area contributed by atoms with Gasteiger partial charge in [0.05, 0.1) is 4.88 Å². The van der Waals surface area contributed by atoms with Crippen molar-refractivity contribution in [2.45, 2.75) is 6.42 Å². The van der Waals surface area contributed by atoms with Crippen LogP contribution in [0.1, 0.15) is 16.1 Å². The Morgan fingerprint density at radius 3 is 2.63 bits per heavy atom. The molecule has 1 aromatic heterocycles. The maximum absolute atomic E-state index is 11.6. The van der Waals surface area contributed by atoms with Crippen molar-refractivity contribution >= 4 is 23.3 Å². The predicted octanol–water partition coefficient (Wildman–Crippen LogP) is 0.814. The van der Waals surface area contributed by atoms with E-state index < -0.39 is 0 Å². The van der Waals surface area contributed by atoms with Crippen LogP contribution in [0.25, 0.3) is 0 Å². The number of ether oxygens (including phenoxy) is 1. The summed E-state index contributed by atoms with van der Waals surface area (Å²) in [5, 5.41) is 9.92. The van der Waals surface area contributed by atoms with E-state index in [9.17, 15) is 9.59 Å². The van der Waals surface area contributed by atoms with Crippen LogP contribution in [0.5, 0.6) is 0 Å². The van der Waals surface area contributed by atoms with Crippen molar-refractivity contribution in [3.05, 3.63) is 22.4 Å². The van der Waals surface area contributed by atoms with Crippen LogP contribution in [0.15, 0.2) is 17.5 Å². The number of nitrogens with one attached hydrogen (secondary N) is 3. The number of amides is 3. The molecule has 19 heavy (non-hydrogen) atoms. The molecule has 0 saturated carbocycles. The first-order chi connectivity index (χ1) is 9.24. The highest BCUT2D eigenvalue weighted by atomic mass is 32.1. The van der Waals surface area contributed by atoms with Crippen molar-refractivity contribution in [3.8, 4) is 0 Å². The Labute approximate surface area is 116 Å². The standard InChI is InChI=1S/C12H19N3O3S/c1-18-8-3-5-14-12(17)15-7-6-13-11(16)10-4-2-9-19-10/h2,4,9H,3,5-8H2,1H3,(H,13,16)(H2,14,15,17). The summed E-state index contributed by atoms with van der Waals surface area (Å²) in [4.78, 5) is 23.5. The second kappa shape index (κ2) is 9.35. The summed E-state index contributed by atoms with van der Waals surface area (Å²) in [5.74, 6) is -0.114. The van der Waals surface area contributed by atoms with E-state index in [4.69, 9.17) is 4.74 Å². The van der Waals surface area contributed by atoms with E-state index in [2.05, 4.69) is 16.0 Å². The quantitative estimate of drug-likeness (QED) is 0.619. The zero-order valence-electron chi connectivity index (χ0n) is 10.9. The summed E-state index contributed by atoms with van der Waals surface area (Å²) < 4.78 is 4.87. The van der Waals surface area contributed by atoms with E-state index in [1.54, 1.807) is 13.2 Å². The third-order valence-corrected chi connectivity index (χ3v) is 3.12. The molecule has 0 aliphatic carbocycles. The molecule has 106 valence electrons. The molecule has 3 amide bonds. The Kier molecular flexibility index (Phi) is 7.60. The molecule has 0 radical (unpaired) electrons. The van der Waals surface area contributed by atoms with Crippen molar-refractivity contribution in [3.63, 3.8) is 0 Å². The smallest absolute Gasteiger partial charge is 0.314 e. The van der Waals surface area contributed by atoms with E-state index >= 15 is 0 Å². The van der Waals surface area contributed by atoms with Gasteiger partial charge in [0.2, 0.25) is 0 Å². The lowest BCUT2D eigenvalue weighted by Gasteiger charge is -2.08. The maximum Gasteiger partial charge on any atom is 0.314 e. The van der Waals surface area contributed by atoms with Gasteiger partial charge in [-0.05, 0) is 17.9 Å². The third-order valence-electron chi connectivity index (χ3n) is 2.25. The van der Waals surface area contributed by atoms with Gasteiger partial charge in [-0.15, -0.1) is 11.3 Å². The van der Waals surface area contributed by atoms with Gasteiger partial charge < -0.3 is 20.7 Å². The molecule has 1 aromatic rings. The van der Waals surface area contributed by atoms with Crippen molar-refractivity contribution in [2.75, 3.05) is 33.4 Å². The van der Waals surface area contributed by atoms with Crippen LogP contribution in [0, 0.1) is 0 Å². The molecule has 0 aliphatic heterocycles. The molecule has 7 heteroatoms. The molecule has 0 aliphatic rings. The minimum absolute atomic E-state index is 0.114. The number of methoxy groups -OCH3 is 1. The number of urea groups is 1. The lowest BCUT2D eigenvalue weighted by molar-refractivity contribution is 0.0958. The van der Waals surface area contributed by atoms with Gasteiger partial charge in [0.1, 0.15) is 0 Å². The molecule has 6 nitrogen and oxygen atoms in total. The van der Waals surface area contributed by atoms with Gasteiger partial charge in [0, 0.05) is 33.4 Å². The van der Waals surface area contributed by atoms with E-state index in [0.29, 0.717) is 31.1 Å². The highest BCUT2D eigenvalue weighted by molar-refractivity contribution is 7.12. The summed E-state index contributed by atoms with van der Waals surface area (Å²) in [7, 11) is 1.62. The SMILES string of the molecule is COCCCNC(=O)NCCNC(=O)c1cccs1. The molecule has 0 bridgehead atoms. The van der Waals surface area contributed by atoms with Gasteiger partial charge in [-0.2, -0.15) is 0 Å².